The van der Waals surface area contributed by atoms with Gasteiger partial charge in [0.1, 0.15) is 5.75 Å². The average Bonchev–Trinajstić information content (AvgIpc) is 2.73. The molecule has 0 fully saturated rings. The lowest BCUT2D eigenvalue weighted by atomic mass is 10.1. The van der Waals surface area contributed by atoms with Crippen molar-refractivity contribution in [2.75, 3.05) is 12.4 Å². The zero-order valence-corrected chi connectivity index (χ0v) is 14.6. The summed E-state index contributed by atoms with van der Waals surface area (Å²) in [4.78, 5) is 28.4. The van der Waals surface area contributed by atoms with Crippen LogP contribution in [-0.4, -0.2) is 23.9 Å². The van der Waals surface area contributed by atoms with E-state index in [2.05, 4.69) is 21.2 Å². The molecule has 0 radical (unpaired) electrons. The van der Waals surface area contributed by atoms with E-state index in [1.807, 2.05) is 30.3 Å². The topological polar surface area (TPSA) is 92.4 Å². The van der Waals surface area contributed by atoms with Crippen LogP contribution in [0.3, 0.4) is 0 Å². The minimum Gasteiger partial charge on any atom is -0.497 e. The van der Waals surface area contributed by atoms with Gasteiger partial charge in [0.15, 0.2) is 0 Å². The number of carbonyl (C=O) groups excluding carboxylic acids is 2. The Kier molecular flexibility index (Phi) is 5.64. The number of pyridine rings is 1. The molecule has 7 nitrogen and oxygen atoms in total. The van der Waals surface area contributed by atoms with Gasteiger partial charge in [0.25, 0.3) is 11.8 Å². The van der Waals surface area contributed by atoms with Gasteiger partial charge in [-0.2, -0.15) is 0 Å². The molecule has 3 aromatic rings. The monoisotopic (exact) mass is 362 g/mol. The van der Waals surface area contributed by atoms with Crippen LogP contribution in [0.15, 0.2) is 73.1 Å². The molecule has 0 spiro atoms. The van der Waals surface area contributed by atoms with Crippen molar-refractivity contribution in [3.63, 3.8) is 0 Å². The van der Waals surface area contributed by atoms with Gasteiger partial charge in [-0.25, -0.2) is 0 Å². The summed E-state index contributed by atoms with van der Waals surface area (Å²) in [7, 11) is 1.60. The van der Waals surface area contributed by atoms with E-state index < -0.39 is 11.8 Å². The first-order valence-electron chi connectivity index (χ1n) is 8.18. The number of rotatable bonds is 5. The van der Waals surface area contributed by atoms with E-state index in [4.69, 9.17) is 4.74 Å². The van der Waals surface area contributed by atoms with E-state index in [1.54, 1.807) is 43.6 Å². The van der Waals surface area contributed by atoms with Crippen LogP contribution in [0.2, 0.25) is 0 Å². The number of anilines is 2. The number of methoxy groups -OCH3 is 1. The lowest BCUT2D eigenvalue weighted by Gasteiger charge is -2.13. The van der Waals surface area contributed by atoms with Crippen LogP contribution >= 0.6 is 0 Å². The van der Waals surface area contributed by atoms with Crippen molar-refractivity contribution in [1.82, 2.24) is 15.8 Å². The largest absolute Gasteiger partial charge is 0.497 e. The quantitative estimate of drug-likeness (QED) is 0.607. The standard InChI is InChI=1S/C20H18N4O3/c1-27-16-10-8-15(9-11-16)22-18-7-3-2-6-17(18)20(26)24-23-19(25)14-5-4-12-21-13-14/h2-13,22H,1H3,(H,23,25)(H,24,26). The number of hydrazine groups is 1. The van der Waals surface area contributed by atoms with Gasteiger partial charge in [0, 0.05) is 18.1 Å². The van der Waals surface area contributed by atoms with Crippen molar-refractivity contribution in [3.05, 3.63) is 84.2 Å². The third kappa shape index (κ3) is 4.60. The number of ether oxygens (including phenoxy) is 1. The van der Waals surface area contributed by atoms with Gasteiger partial charge in [-0.05, 0) is 48.5 Å². The van der Waals surface area contributed by atoms with Crippen molar-refractivity contribution >= 4 is 23.2 Å². The number of benzene rings is 2. The molecule has 0 aliphatic rings. The molecular formula is C20H18N4O3. The normalized spacial score (nSPS) is 9.96. The number of nitrogens with one attached hydrogen (secondary N) is 3. The summed E-state index contributed by atoms with van der Waals surface area (Å²) in [6.45, 7) is 0. The molecule has 27 heavy (non-hydrogen) atoms. The van der Waals surface area contributed by atoms with Gasteiger partial charge >= 0.3 is 0 Å². The summed E-state index contributed by atoms with van der Waals surface area (Å²) in [5.41, 5.74) is 6.94. The highest BCUT2D eigenvalue weighted by molar-refractivity contribution is 6.02. The van der Waals surface area contributed by atoms with Gasteiger partial charge < -0.3 is 10.1 Å². The Hall–Kier alpha value is -3.87. The Labute approximate surface area is 156 Å². The zero-order valence-electron chi connectivity index (χ0n) is 14.6. The number of hydrogen-bond acceptors (Lipinski definition) is 5. The van der Waals surface area contributed by atoms with Crippen molar-refractivity contribution < 1.29 is 14.3 Å². The van der Waals surface area contributed by atoms with E-state index in [-0.39, 0.29) is 0 Å². The Balaban J connectivity index is 1.69. The van der Waals surface area contributed by atoms with Gasteiger partial charge in [0.2, 0.25) is 0 Å². The second-order valence-electron chi connectivity index (χ2n) is 5.55. The first-order chi connectivity index (χ1) is 13.2. The second kappa shape index (κ2) is 8.48. The van der Waals surface area contributed by atoms with E-state index in [0.29, 0.717) is 16.8 Å². The summed E-state index contributed by atoms with van der Waals surface area (Å²) in [5, 5.41) is 3.18. The maximum absolute atomic E-state index is 12.5. The predicted molar refractivity (Wildman–Crippen MR) is 102 cm³/mol. The first-order valence-corrected chi connectivity index (χ1v) is 8.18. The molecule has 1 aromatic heterocycles. The van der Waals surface area contributed by atoms with E-state index in [0.717, 1.165) is 11.4 Å². The van der Waals surface area contributed by atoms with Crippen molar-refractivity contribution in [1.29, 1.82) is 0 Å². The van der Waals surface area contributed by atoms with Crippen molar-refractivity contribution in [2.24, 2.45) is 0 Å². The van der Waals surface area contributed by atoms with Crippen LogP contribution in [0, 0.1) is 0 Å². The third-order valence-electron chi connectivity index (χ3n) is 3.75. The highest BCUT2D eigenvalue weighted by Crippen LogP contribution is 2.22. The van der Waals surface area contributed by atoms with Crippen LogP contribution < -0.4 is 20.9 Å². The molecule has 2 aromatic carbocycles. The number of nitrogens with zero attached hydrogens (tertiary/aromatic N) is 1. The molecule has 0 unspecified atom stereocenters. The van der Waals surface area contributed by atoms with Gasteiger partial charge in [-0.3, -0.25) is 25.4 Å². The molecule has 0 aliphatic heterocycles. The molecule has 3 N–H and O–H groups in total. The lowest BCUT2D eigenvalue weighted by molar-refractivity contribution is 0.0847. The maximum Gasteiger partial charge on any atom is 0.271 e. The fourth-order valence-electron chi connectivity index (χ4n) is 2.37. The number of hydrogen-bond donors (Lipinski definition) is 3. The molecule has 7 heteroatoms. The Morgan fingerprint density at radius 1 is 0.889 bits per heavy atom. The predicted octanol–water partition coefficient (Wildman–Crippen LogP) is 2.91. The molecule has 136 valence electrons. The number of amides is 2. The molecule has 0 atom stereocenters. The van der Waals surface area contributed by atoms with Crippen LogP contribution in [0.25, 0.3) is 0 Å². The first kappa shape index (κ1) is 17.9. The van der Waals surface area contributed by atoms with E-state index >= 15 is 0 Å². The van der Waals surface area contributed by atoms with Crippen molar-refractivity contribution in [2.45, 2.75) is 0 Å². The fourth-order valence-corrected chi connectivity index (χ4v) is 2.37. The highest BCUT2D eigenvalue weighted by Gasteiger charge is 2.13. The summed E-state index contributed by atoms with van der Waals surface area (Å²) < 4.78 is 5.14. The van der Waals surface area contributed by atoms with Crippen LogP contribution in [0.5, 0.6) is 5.75 Å². The van der Waals surface area contributed by atoms with Crippen molar-refractivity contribution in [3.8, 4) is 5.75 Å². The summed E-state index contributed by atoms with van der Waals surface area (Å²) >= 11 is 0. The molecule has 2 amide bonds. The van der Waals surface area contributed by atoms with Crippen LogP contribution in [-0.2, 0) is 0 Å². The summed E-state index contributed by atoms with van der Waals surface area (Å²) in [6.07, 6.45) is 2.98. The lowest BCUT2D eigenvalue weighted by Crippen LogP contribution is -2.41. The number of carbonyl (C=O) groups is 2. The smallest absolute Gasteiger partial charge is 0.271 e. The maximum atomic E-state index is 12.5. The van der Waals surface area contributed by atoms with Crippen LogP contribution in [0.4, 0.5) is 11.4 Å². The summed E-state index contributed by atoms with van der Waals surface area (Å²) in [6, 6.07) is 17.6. The van der Waals surface area contributed by atoms with Gasteiger partial charge in [0.05, 0.1) is 23.9 Å². The zero-order chi connectivity index (χ0) is 19.1. The van der Waals surface area contributed by atoms with E-state index in [9.17, 15) is 9.59 Å². The minimum absolute atomic E-state index is 0.349. The minimum atomic E-state index is -0.447. The summed E-state index contributed by atoms with van der Waals surface area (Å²) in [5.74, 6) is -0.148. The molecule has 0 bridgehead atoms. The van der Waals surface area contributed by atoms with Gasteiger partial charge in [-0.15, -0.1) is 0 Å². The third-order valence-corrected chi connectivity index (χ3v) is 3.75. The Bertz CT molecular complexity index is 927. The molecule has 0 saturated heterocycles. The van der Waals surface area contributed by atoms with Crippen LogP contribution in [0.1, 0.15) is 20.7 Å². The average molecular weight is 362 g/mol. The molecule has 3 rings (SSSR count). The van der Waals surface area contributed by atoms with E-state index in [1.165, 1.54) is 6.20 Å². The SMILES string of the molecule is COc1ccc(Nc2ccccc2C(=O)NNC(=O)c2cccnc2)cc1. The molecule has 1 heterocycles. The molecular weight excluding hydrogens is 344 g/mol. The molecule has 0 aliphatic carbocycles. The van der Waals surface area contributed by atoms with Gasteiger partial charge in [-0.1, -0.05) is 12.1 Å². The Morgan fingerprint density at radius 3 is 2.33 bits per heavy atom. The fraction of sp³-hybridized carbons (Fsp3) is 0.0500. The second-order valence-corrected chi connectivity index (χ2v) is 5.55. The molecule has 0 saturated carbocycles. The highest BCUT2D eigenvalue weighted by atomic mass is 16.5. The number of para-hydroxylation sites is 1. The Morgan fingerprint density at radius 2 is 1.63 bits per heavy atom. The number of aromatic nitrogens is 1.